The Morgan fingerprint density at radius 2 is 1.58 bits per heavy atom. The second kappa shape index (κ2) is 10.2. The van der Waals surface area contributed by atoms with E-state index in [4.69, 9.17) is 4.99 Å². The summed E-state index contributed by atoms with van der Waals surface area (Å²) >= 11 is 0. The summed E-state index contributed by atoms with van der Waals surface area (Å²) < 4.78 is 0. The quantitative estimate of drug-likeness (QED) is 0.545. The smallest absolute Gasteiger partial charge is 0.272 e. The maximum Gasteiger partial charge on any atom is 0.272 e. The highest BCUT2D eigenvalue weighted by atomic mass is 16.2. The summed E-state index contributed by atoms with van der Waals surface area (Å²) in [5.41, 5.74) is 3.90. The summed E-state index contributed by atoms with van der Waals surface area (Å²) in [7, 11) is 1.68. The molecular weight excluding hydrogens is 452 g/mol. The van der Waals surface area contributed by atoms with Gasteiger partial charge in [0.1, 0.15) is 6.04 Å². The van der Waals surface area contributed by atoms with Gasteiger partial charge in [-0.2, -0.15) is 0 Å². The molecule has 7 heteroatoms. The Kier molecular flexibility index (Phi) is 6.62. The molecule has 0 radical (unpaired) electrons. The van der Waals surface area contributed by atoms with E-state index < -0.39 is 18.1 Å². The molecule has 2 aliphatic rings. The number of benzene rings is 3. The molecule has 3 aromatic carbocycles. The van der Waals surface area contributed by atoms with Crippen molar-refractivity contribution in [2.24, 2.45) is 10.9 Å². The van der Waals surface area contributed by atoms with E-state index in [2.05, 4.69) is 10.6 Å². The second-order valence-corrected chi connectivity index (χ2v) is 9.19. The van der Waals surface area contributed by atoms with Gasteiger partial charge in [0.05, 0.1) is 11.4 Å². The number of aliphatic imine (C=N–C) groups is 1. The molecule has 1 heterocycles. The summed E-state index contributed by atoms with van der Waals surface area (Å²) in [5.74, 6) is -0.967. The van der Waals surface area contributed by atoms with Gasteiger partial charge in [-0.15, -0.1) is 0 Å². The molecule has 3 aromatic rings. The Labute approximate surface area is 210 Å². The Morgan fingerprint density at radius 3 is 2.28 bits per heavy atom. The highest BCUT2D eigenvalue weighted by Gasteiger charge is 2.35. The predicted molar refractivity (Wildman–Crippen MR) is 139 cm³/mol. The van der Waals surface area contributed by atoms with Crippen molar-refractivity contribution in [3.8, 4) is 0 Å². The third-order valence-electron chi connectivity index (χ3n) is 6.53. The van der Waals surface area contributed by atoms with Gasteiger partial charge in [0.15, 0.2) is 0 Å². The number of nitrogens with one attached hydrogen (secondary N) is 2. The minimum absolute atomic E-state index is 0.0427. The van der Waals surface area contributed by atoms with Gasteiger partial charge in [0.25, 0.3) is 5.91 Å². The van der Waals surface area contributed by atoms with Crippen LogP contribution in [0, 0.1) is 5.92 Å². The van der Waals surface area contributed by atoms with Crippen LogP contribution in [0.4, 0.5) is 5.69 Å². The predicted octanol–water partition coefficient (Wildman–Crippen LogP) is 3.08. The lowest BCUT2D eigenvalue weighted by Crippen LogP contribution is -2.54. The zero-order chi connectivity index (χ0) is 25.1. The largest absolute Gasteiger partial charge is 0.344 e. The van der Waals surface area contributed by atoms with Gasteiger partial charge in [-0.25, -0.2) is 4.99 Å². The van der Waals surface area contributed by atoms with Crippen LogP contribution in [-0.4, -0.2) is 42.7 Å². The number of hydrogen-bond acceptors (Lipinski definition) is 4. The van der Waals surface area contributed by atoms with E-state index in [9.17, 15) is 14.4 Å². The van der Waals surface area contributed by atoms with Crippen molar-refractivity contribution in [3.05, 3.63) is 102 Å². The summed E-state index contributed by atoms with van der Waals surface area (Å²) in [4.78, 5) is 45.8. The molecule has 1 aliphatic carbocycles. The Bertz CT molecular complexity index is 1300. The van der Waals surface area contributed by atoms with E-state index in [1.807, 2.05) is 84.9 Å². The molecule has 0 saturated heterocycles. The van der Waals surface area contributed by atoms with Crippen LogP contribution in [0.1, 0.15) is 29.5 Å². The molecule has 0 aromatic heterocycles. The molecule has 1 aliphatic heterocycles. The fourth-order valence-corrected chi connectivity index (χ4v) is 4.37. The number of anilines is 1. The van der Waals surface area contributed by atoms with Crippen LogP contribution < -0.4 is 15.5 Å². The van der Waals surface area contributed by atoms with Crippen LogP contribution in [0.5, 0.6) is 0 Å². The summed E-state index contributed by atoms with van der Waals surface area (Å²) in [6.45, 7) is 0. The van der Waals surface area contributed by atoms with Crippen LogP contribution in [0.25, 0.3) is 0 Å². The summed E-state index contributed by atoms with van der Waals surface area (Å²) in [6.07, 6.45) is 0.847. The fourth-order valence-electron chi connectivity index (χ4n) is 4.37. The van der Waals surface area contributed by atoms with Gasteiger partial charge in [0, 0.05) is 30.5 Å². The lowest BCUT2D eigenvalue weighted by atomic mass is 10.0. The van der Waals surface area contributed by atoms with E-state index in [0.29, 0.717) is 17.8 Å². The summed E-state index contributed by atoms with van der Waals surface area (Å²) in [6, 6.07) is 25.8. The molecule has 2 unspecified atom stereocenters. The van der Waals surface area contributed by atoms with Crippen molar-refractivity contribution < 1.29 is 14.4 Å². The van der Waals surface area contributed by atoms with Crippen molar-refractivity contribution in [2.45, 2.75) is 31.5 Å². The van der Waals surface area contributed by atoms with Gasteiger partial charge < -0.3 is 15.5 Å². The van der Waals surface area contributed by atoms with Crippen molar-refractivity contribution >= 4 is 29.1 Å². The fraction of sp³-hybridized carbons (Fsp3) is 0.241. The van der Waals surface area contributed by atoms with Gasteiger partial charge >= 0.3 is 0 Å². The van der Waals surface area contributed by atoms with Crippen LogP contribution >= 0.6 is 0 Å². The zero-order valence-electron chi connectivity index (χ0n) is 20.1. The maximum absolute atomic E-state index is 13.5. The van der Waals surface area contributed by atoms with E-state index in [1.165, 1.54) is 4.90 Å². The third-order valence-corrected chi connectivity index (χ3v) is 6.53. The van der Waals surface area contributed by atoms with Gasteiger partial charge in [-0.3, -0.25) is 14.4 Å². The van der Waals surface area contributed by atoms with E-state index in [0.717, 1.165) is 29.5 Å². The van der Waals surface area contributed by atoms with E-state index in [1.54, 1.807) is 7.05 Å². The molecule has 1 fully saturated rings. The number of para-hydroxylation sites is 1. The first-order chi connectivity index (χ1) is 17.5. The lowest BCUT2D eigenvalue weighted by molar-refractivity contribution is -0.131. The normalized spacial score (nSPS) is 17.9. The Hall–Kier alpha value is -4.26. The standard InChI is InChI=1S/C29H28N4O3/c1-33-24-15-9-8-14-22(24)25(20-12-6-3-7-13-20)31-26(29(33)36)32-28(35)23(30-27(34)21-16-17-21)18-19-10-4-2-5-11-19/h2-15,21,23,26H,16-18H2,1H3,(H,30,34)(H,32,35). The number of carbonyl (C=O) groups is 3. The number of carbonyl (C=O) groups excluding carboxylic acids is 3. The topological polar surface area (TPSA) is 90.9 Å². The molecule has 0 spiro atoms. The van der Waals surface area contributed by atoms with Crippen molar-refractivity contribution in [1.82, 2.24) is 10.6 Å². The molecule has 0 bridgehead atoms. The molecule has 2 N–H and O–H groups in total. The first-order valence-corrected chi connectivity index (χ1v) is 12.2. The van der Waals surface area contributed by atoms with Crippen LogP contribution in [0.3, 0.4) is 0 Å². The van der Waals surface area contributed by atoms with E-state index in [-0.39, 0.29) is 17.7 Å². The SMILES string of the molecule is CN1C(=O)C(NC(=O)C(Cc2ccccc2)NC(=O)C2CC2)N=C(c2ccccc2)c2ccccc21. The van der Waals surface area contributed by atoms with Gasteiger partial charge in [-0.1, -0.05) is 78.9 Å². The Balaban J connectivity index is 1.46. The average molecular weight is 481 g/mol. The third kappa shape index (κ3) is 5.05. The van der Waals surface area contributed by atoms with Crippen molar-refractivity contribution in [1.29, 1.82) is 0 Å². The molecule has 3 amide bonds. The number of amides is 3. The number of hydrogen-bond donors (Lipinski definition) is 2. The Morgan fingerprint density at radius 1 is 0.944 bits per heavy atom. The lowest BCUT2D eigenvalue weighted by Gasteiger charge is -2.23. The molecule has 2 atom stereocenters. The second-order valence-electron chi connectivity index (χ2n) is 9.19. The number of likely N-dealkylation sites (N-methyl/N-ethyl adjacent to an activating group) is 1. The zero-order valence-corrected chi connectivity index (χ0v) is 20.1. The average Bonchev–Trinajstić information content (AvgIpc) is 3.77. The number of rotatable bonds is 7. The van der Waals surface area contributed by atoms with Crippen LogP contribution in [0.15, 0.2) is 89.9 Å². The molecule has 7 nitrogen and oxygen atoms in total. The number of fused-ring (bicyclic) bond motifs is 1. The van der Waals surface area contributed by atoms with E-state index >= 15 is 0 Å². The first kappa shape index (κ1) is 23.5. The van der Waals surface area contributed by atoms with Gasteiger partial charge in [0.2, 0.25) is 18.0 Å². The molecule has 5 rings (SSSR count). The van der Waals surface area contributed by atoms with Crippen LogP contribution in [0.2, 0.25) is 0 Å². The number of nitrogens with zero attached hydrogens (tertiary/aromatic N) is 2. The van der Waals surface area contributed by atoms with Crippen molar-refractivity contribution in [2.75, 3.05) is 11.9 Å². The number of benzodiazepines with no additional fused rings is 1. The summed E-state index contributed by atoms with van der Waals surface area (Å²) in [5, 5.41) is 5.72. The minimum Gasteiger partial charge on any atom is -0.344 e. The van der Waals surface area contributed by atoms with Gasteiger partial charge in [-0.05, 0) is 24.5 Å². The highest BCUT2D eigenvalue weighted by molar-refractivity contribution is 6.20. The van der Waals surface area contributed by atoms with Crippen LogP contribution in [-0.2, 0) is 20.8 Å². The molecule has 1 saturated carbocycles. The molecular formula is C29H28N4O3. The minimum atomic E-state index is -1.14. The van der Waals surface area contributed by atoms with Crippen molar-refractivity contribution in [3.63, 3.8) is 0 Å². The molecule has 182 valence electrons. The maximum atomic E-state index is 13.5. The first-order valence-electron chi connectivity index (χ1n) is 12.2. The molecule has 36 heavy (non-hydrogen) atoms. The monoisotopic (exact) mass is 480 g/mol. The highest BCUT2D eigenvalue weighted by Crippen LogP contribution is 2.29.